The third-order valence-corrected chi connectivity index (χ3v) is 6.42. The average Bonchev–Trinajstić information content (AvgIpc) is 3.48. The highest BCUT2D eigenvalue weighted by atomic mass is 35.5. The van der Waals surface area contributed by atoms with Gasteiger partial charge in [-0.1, -0.05) is 42.5 Å². The first-order valence-corrected chi connectivity index (χ1v) is 12.0. The second-order valence-electron chi connectivity index (χ2n) is 9.08. The predicted molar refractivity (Wildman–Crippen MR) is 141 cm³/mol. The highest BCUT2D eigenvalue weighted by Gasteiger charge is 2.22. The van der Waals surface area contributed by atoms with E-state index in [2.05, 4.69) is 32.1 Å². The topological polar surface area (TPSA) is 145 Å². The van der Waals surface area contributed by atoms with Crippen LogP contribution in [0, 0.1) is 0 Å². The maximum absolute atomic E-state index is 12.8. The molecule has 10 N–H and O–H groups in total. The standard InChI is InChI=1S/C28H28N6O2.2ClH/c29-23(12-17-15-31-25-10-3-1-8-21(17)25)27(35)33-19-6-5-7-20(14-19)34-28(36)24(30)13-18-16-32-26-11-4-2-9-22(18)26;;/h1-11,14-16,23-24,31-32H,12-13,29-30H2,(H,33,35)(H,34,36);2*1H/t23-,24-;;/m0../s1. The summed E-state index contributed by atoms with van der Waals surface area (Å²) in [6.07, 6.45) is 4.89. The summed E-state index contributed by atoms with van der Waals surface area (Å²) in [6, 6.07) is 22.2. The maximum atomic E-state index is 12.8. The number of aromatic nitrogens is 2. The van der Waals surface area contributed by atoms with Crippen LogP contribution in [0.1, 0.15) is 11.1 Å². The van der Waals surface area contributed by atoms with Crippen molar-refractivity contribution in [3.63, 3.8) is 0 Å². The summed E-state index contributed by atoms with van der Waals surface area (Å²) in [5.74, 6) is -0.365. The minimum atomic E-state index is -0.470. The number of amides is 2. The summed E-state index contributed by atoms with van der Waals surface area (Å²) in [7, 11) is 0. The first kappa shape index (κ1) is 28.7. The molecule has 0 aliphatic rings. The molecule has 0 aliphatic carbocycles. The SMILES string of the molecule is [Cl-].[Cl-].[NH3+][C@@H](Cc1c[nH]c2ccccc12)C(=O)Nc1cccc(NC(=O)[C@@H]([NH3+])Cc2c[nH]c3ccccc23)c1. The summed E-state index contributed by atoms with van der Waals surface area (Å²) in [6.45, 7) is 0. The van der Waals surface area contributed by atoms with Gasteiger partial charge < -0.3 is 56.9 Å². The molecule has 2 aromatic heterocycles. The van der Waals surface area contributed by atoms with E-state index in [4.69, 9.17) is 0 Å². The Morgan fingerprint density at radius 3 is 1.53 bits per heavy atom. The number of fused-ring (bicyclic) bond motifs is 2. The number of nitrogens with one attached hydrogen (secondary N) is 4. The summed E-state index contributed by atoms with van der Waals surface area (Å²) in [5.41, 5.74) is 13.5. The smallest absolute Gasteiger partial charge is 0.282 e. The van der Waals surface area contributed by atoms with Gasteiger partial charge in [-0.2, -0.15) is 0 Å². The van der Waals surface area contributed by atoms with Crippen molar-refractivity contribution >= 4 is 45.0 Å². The van der Waals surface area contributed by atoms with Crippen LogP contribution in [0.2, 0.25) is 0 Å². The zero-order valence-corrected chi connectivity index (χ0v) is 22.2. The Hall–Kier alpha value is -3.82. The first-order chi connectivity index (χ1) is 17.5. The molecule has 10 heteroatoms. The minimum absolute atomic E-state index is 0. The van der Waals surface area contributed by atoms with Gasteiger partial charge in [0.05, 0.1) is 0 Å². The number of anilines is 2. The van der Waals surface area contributed by atoms with E-state index in [0.29, 0.717) is 24.2 Å². The number of carbonyl (C=O) groups is 2. The van der Waals surface area contributed by atoms with Gasteiger partial charge in [0.25, 0.3) is 11.8 Å². The second kappa shape index (κ2) is 12.6. The molecular weight excluding hydrogens is 523 g/mol. The summed E-state index contributed by atoms with van der Waals surface area (Å²) >= 11 is 0. The molecule has 0 saturated heterocycles. The van der Waals surface area contributed by atoms with Crippen molar-refractivity contribution in [3.05, 3.63) is 96.3 Å². The third kappa shape index (κ3) is 6.35. The first-order valence-electron chi connectivity index (χ1n) is 12.0. The molecule has 3 aromatic carbocycles. The molecule has 8 nitrogen and oxygen atoms in total. The molecule has 0 spiro atoms. The molecule has 2 amide bonds. The molecular formula is C28H30Cl2N6O2. The van der Waals surface area contributed by atoms with E-state index in [0.717, 1.165) is 32.9 Å². The van der Waals surface area contributed by atoms with Gasteiger partial charge in [0.1, 0.15) is 0 Å². The summed E-state index contributed by atoms with van der Waals surface area (Å²) < 4.78 is 0. The van der Waals surface area contributed by atoms with Crippen LogP contribution in [0.5, 0.6) is 0 Å². The van der Waals surface area contributed by atoms with Crippen LogP contribution in [-0.2, 0) is 22.4 Å². The Morgan fingerprint density at radius 2 is 1.08 bits per heavy atom. The normalized spacial score (nSPS) is 12.3. The Kier molecular flexibility index (Phi) is 9.55. The van der Waals surface area contributed by atoms with Crippen LogP contribution in [0.15, 0.2) is 85.2 Å². The lowest BCUT2D eigenvalue weighted by Gasteiger charge is -2.12. The largest absolute Gasteiger partial charge is 1.00 e. The van der Waals surface area contributed by atoms with Crippen LogP contribution in [0.4, 0.5) is 11.4 Å². The van der Waals surface area contributed by atoms with Gasteiger partial charge in [-0.05, 0) is 41.5 Å². The van der Waals surface area contributed by atoms with Crippen molar-refractivity contribution in [2.24, 2.45) is 0 Å². The molecule has 0 aliphatic heterocycles. The third-order valence-electron chi connectivity index (χ3n) is 6.42. The fraction of sp³-hybridized carbons (Fsp3) is 0.143. The zero-order chi connectivity index (χ0) is 25.1. The number of benzene rings is 3. The Labute approximate surface area is 232 Å². The molecule has 0 radical (unpaired) electrons. The second-order valence-corrected chi connectivity index (χ2v) is 9.08. The Balaban J connectivity index is 0.00000200. The van der Waals surface area contributed by atoms with E-state index in [9.17, 15) is 9.59 Å². The number of halogens is 2. The van der Waals surface area contributed by atoms with Crippen molar-refractivity contribution in [2.45, 2.75) is 24.9 Å². The number of rotatable bonds is 8. The van der Waals surface area contributed by atoms with Gasteiger partial charge in [0.15, 0.2) is 12.1 Å². The number of carbonyl (C=O) groups excluding carboxylic acids is 2. The van der Waals surface area contributed by atoms with E-state index in [1.54, 1.807) is 24.3 Å². The van der Waals surface area contributed by atoms with E-state index in [1.165, 1.54) is 0 Å². The quantitative estimate of drug-likeness (QED) is 0.117. The lowest BCUT2D eigenvalue weighted by atomic mass is 10.0. The van der Waals surface area contributed by atoms with Gasteiger partial charge >= 0.3 is 0 Å². The van der Waals surface area contributed by atoms with Crippen LogP contribution < -0.4 is 46.9 Å². The number of hydrogen-bond acceptors (Lipinski definition) is 2. The number of para-hydroxylation sites is 2. The average molecular weight is 553 g/mol. The summed E-state index contributed by atoms with van der Waals surface area (Å²) in [5, 5.41) is 8.03. The highest BCUT2D eigenvalue weighted by Crippen LogP contribution is 2.21. The van der Waals surface area contributed by atoms with Crippen LogP contribution in [0.25, 0.3) is 21.8 Å². The van der Waals surface area contributed by atoms with E-state index < -0.39 is 12.1 Å². The summed E-state index contributed by atoms with van der Waals surface area (Å²) in [4.78, 5) is 32.1. The fourth-order valence-electron chi connectivity index (χ4n) is 4.48. The lowest BCUT2D eigenvalue weighted by molar-refractivity contribution is -0.402. The number of hydrogen-bond donors (Lipinski definition) is 6. The molecule has 0 fully saturated rings. The molecule has 5 aromatic rings. The van der Waals surface area contributed by atoms with Gasteiger partial charge in [-0.25, -0.2) is 0 Å². The Bertz CT molecular complexity index is 1440. The molecule has 0 unspecified atom stereocenters. The van der Waals surface area contributed by atoms with E-state index in [-0.39, 0.29) is 36.6 Å². The van der Waals surface area contributed by atoms with Crippen molar-refractivity contribution in [3.8, 4) is 0 Å². The Morgan fingerprint density at radius 1 is 0.658 bits per heavy atom. The fourth-order valence-corrected chi connectivity index (χ4v) is 4.48. The number of aromatic amines is 2. The van der Waals surface area contributed by atoms with Gasteiger partial charge in [0.2, 0.25) is 0 Å². The molecule has 0 bridgehead atoms. The van der Waals surface area contributed by atoms with Crippen LogP contribution in [0.3, 0.4) is 0 Å². The van der Waals surface area contributed by atoms with Gasteiger partial charge in [-0.3, -0.25) is 9.59 Å². The van der Waals surface area contributed by atoms with Crippen LogP contribution in [-0.4, -0.2) is 33.9 Å². The molecule has 198 valence electrons. The van der Waals surface area contributed by atoms with Crippen molar-refractivity contribution in [1.82, 2.24) is 9.97 Å². The van der Waals surface area contributed by atoms with Gasteiger partial charge in [0, 0.05) is 58.4 Å². The number of H-pyrrole nitrogens is 2. The van der Waals surface area contributed by atoms with E-state index in [1.807, 2.05) is 60.9 Å². The molecule has 0 saturated carbocycles. The monoisotopic (exact) mass is 552 g/mol. The van der Waals surface area contributed by atoms with Crippen molar-refractivity contribution in [2.75, 3.05) is 10.6 Å². The predicted octanol–water partition coefficient (Wildman–Crippen LogP) is -3.76. The minimum Gasteiger partial charge on any atom is -1.00 e. The zero-order valence-electron chi connectivity index (χ0n) is 20.6. The molecule has 2 heterocycles. The lowest BCUT2D eigenvalue weighted by Crippen LogP contribution is -3.00. The number of quaternary nitrogens is 2. The molecule has 38 heavy (non-hydrogen) atoms. The van der Waals surface area contributed by atoms with Crippen molar-refractivity contribution in [1.29, 1.82) is 0 Å². The van der Waals surface area contributed by atoms with Gasteiger partial charge in [-0.15, -0.1) is 0 Å². The highest BCUT2D eigenvalue weighted by molar-refractivity contribution is 5.97. The van der Waals surface area contributed by atoms with E-state index >= 15 is 0 Å². The van der Waals surface area contributed by atoms with Crippen molar-refractivity contribution < 1.29 is 45.9 Å². The molecule has 5 rings (SSSR count). The van der Waals surface area contributed by atoms with Crippen LogP contribution >= 0.6 is 0 Å². The maximum Gasteiger partial charge on any atom is 0.282 e. The molecule has 2 atom stereocenters.